The van der Waals surface area contributed by atoms with E-state index in [1.54, 1.807) is 25.1 Å². The second-order valence-electron chi connectivity index (χ2n) is 3.63. The molecule has 0 saturated heterocycles. The highest BCUT2D eigenvalue weighted by molar-refractivity contribution is 6.31. The third-order valence-electron chi connectivity index (χ3n) is 2.57. The second kappa shape index (κ2) is 4.22. The van der Waals surface area contributed by atoms with Gasteiger partial charge in [0.25, 0.3) is 5.56 Å². The molecule has 2 rings (SSSR count). The van der Waals surface area contributed by atoms with Crippen molar-refractivity contribution in [3.05, 3.63) is 49.4 Å². The number of aromatic nitrogens is 1. The molecular weight excluding hydrogens is 242 g/mol. The van der Waals surface area contributed by atoms with Gasteiger partial charge in [-0.25, -0.2) is 0 Å². The highest BCUT2D eigenvalue weighted by Gasteiger charge is 2.09. The van der Waals surface area contributed by atoms with E-state index in [2.05, 4.69) is 4.98 Å². The van der Waals surface area contributed by atoms with Crippen LogP contribution in [0.1, 0.15) is 5.56 Å². The number of aromatic amines is 1. The average Bonchev–Trinajstić information content (AvgIpc) is 2.36. The van der Waals surface area contributed by atoms with Crippen molar-refractivity contribution in [2.45, 2.75) is 6.92 Å². The van der Waals surface area contributed by atoms with Crippen LogP contribution in [0.3, 0.4) is 0 Å². The van der Waals surface area contributed by atoms with Crippen molar-refractivity contribution in [2.24, 2.45) is 0 Å². The molecule has 4 nitrogen and oxygen atoms in total. The van der Waals surface area contributed by atoms with Crippen LogP contribution in [0.4, 0.5) is 0 Å². The summed E-state index contributed by atoms with van der Waals surface area (Å²) in [7, 11) is 1.36. The normalized spacial score (nSPS) is 10.5. The van der Waals surface area contributed by atoms with Crippen LogP contribution in [0.5, 0.6) is 5.75 Å². The molecule has 5 heteroatoms. The van der Waals surface area contributed by atoms with Gasteiger partial charge < -0.3 is 9.72 Å². The molecule has 0 aliphatic heterocycles. The first kappa shape index (κ1) is 11.7. The Kier molecular flexibility index (Phi) is 2.90. The van der Waals surface area contributed by atoms with Crippen LogP contribution in [-0.4, -0.2) is 12.1 Å². The van der Waals surface area contributed by atoms with Gasteiger partial charge in [0.2, 0.25) is 0 Å². The lowest BCUT2D eigenvalue weighted by Crippen LogP contribution is -2.09. The van der Waals surface area contributed by atoms with Gasteiger partial charge >= 0.3 is 0 Å². The molecule has 1 heterocycles. The van der Waals surface area contributed by atoms with Crippen molar-refractivity contribution in [1.82, 2.24) is 4.98 Å². The van der Waals surface area contributed by atoms with Crippen molar-refractivity contribution < 1.29 is 4.74 Å². The fourth-order valence-corrected chi connectivity index (χ4v) is 1.89. The van der Waals surface area contributed by atoms with E-state index in [9.17, 15) is 9.59 Å². The van der Waals surface area contributed by atoms with Crippen molar-refractivity contribution in [2.75, 3.05) is 7.11 Å². The van der Waals surface area contributed by atoms with E-state index in [1.165, 1.54) is 7.11 Å². The highest BCUT2D eigenvalue weighted by atomic mass is 35.5. The molecule has 88 valence electrons. The minimum absolute atomic E-state index is 0.0299. The van der Waals surface area contributed by atoms with Crippen molar-refractivity contribution in [3.8, 4) is 5.75 Å². The Morgan fingerprint density at radius 2 is 2.00 bits per heavy atom. The molecular formula is C12H10ClNO3. The lowest BCUT2D eigenvalue weighted by atomic mass is 10.2. The molecule has 0 unspecified atom stereocenters. The predicted molar refractivity (Wildman–Crippen MR) is 67.1 cm³/mol. The van der Waals surface area contributed by atoms with Gasteiger partial charge in [0, 0.05) is 16.0 Å². The molecule has 0 atom stereocenters. The first-order valence-electron chi connectivity index (χ1n) is 4.95. The van der Waals surface area contributed by atoms with Crippen molar-refractivity contribution >= 4 is 22.5 Å². The van der Waals surface area contributed by atoms with Gasteiger partial charge in [0.1, 0.15) is 0 Å². The van der Waals surface area contributed by atoms with E-state index in [4.69, 9.17) is 16.3 Å². The Hall–Kier alpha value is -1.81. The lowest BCUT2D eigenvalue weighted by Gasteiger charge is -1.95. The van der Waals surface area contributed by atoms with E-state index in [0.29, 0.717) is 15.9 Å². The minimum atomic E-state index is -0.445. The smallest absolute Gasteiger partial charge is 0.291 e. The molecule has 0 fully saturated rings. The Morgan fingerprint density at radius 1 is 1.29 bits per heavy atom. The number of H-pyrrole nitrogens is 1. The molecule has 0 radical (unpaired) electrons. The number of hydrogen-bond donors (Lipinski definition) is 1. The highest BCUT2D eigenvalue weighted by Crippen LogP contribution is 2.15. The van der Waals surface area contributed by atoms with Gasteiger partial charge in [-0.3, -0.25) is 9.59 Å². The maximum absolute atomic E-state index is 12.1. The summed E-state index contributed by atoms with van der Waals surface area (Å²) in [4.78, 5) is 26.5. The largest absolute Gasteiger partial charge is 0.491 e. The fourth-order valence-electron chi connectivity index (χ4n) is 1.72. The molecule has 0 aliphatic carbocycles. The monoisotopic (exact) mass is 251 g/mol. The molecule has 1 aromatic heterocycles. The third-order valence-corrected chi connectivity index (χ3v) is 2.80. The molecule has 0 aliphatic rings. The van der Waals surface area contributed by atoms with E-state index in [1.807, 2.05) is 0 Å². The predicted octanol–water partition coefficient (Wildman–Crippen LogP) is 1.86. The fraction of sp³-hybridized carbons (Fsp3) is 0.167. The Balaban J connectivity index is 3.10. The zero-order valence-corrected chi connectivity index (χ0v) is 10.1. The summed E-state index contributed by atoms with van der Waals surface area (Å²) >= 11 is 5.82. The Bertz CT molecular complexity index is 706. The molecule has 17 heavy (non-hydrogen) atoms. The maximum atomic E-state index is 12.1. The van der Waals surface area contributed by atoms with Crippen LogP contribution in [0.15, 0.2) is 27.8 Å². The average molecular weight is 252 g/mol. The summed E-state index contributed by atoms with van der Waals surface area (Å²) in [5.41, 5.74) is -0.00351. The second-order valence-corrected chi connectivity index (χ2v) is 4.07. The standard InChI is InChI=1S/C12H10ClNO3/c1-6-10(15)8-4-3-7(13)5-9(8)14-12(16)11(6)17-2/h3-5H,1-2H3,(H,14,16). The zero-order chi connectivity index (χ0) is 12.6. The van der Waals surface area contributed by atoms with Gasteiger partial charge in [0.15, 0.2) is 11.2 Å². The molecule has 0 amide bonds. The van der Waals surface area contributed by atoms with Gasteiger partial charge in [0.05, 0.1) is 12.6 Å². The van der Waals surface area contributed by atoms with E-state index in [0.717, 1.165) is 0 Å². The van der Waals surface area contributed by atoms with Gasteiger partial charge in [-0.05, 0) is 25.1 Å². The molecule has 2 aromatic rings. The van der Waals surface area contributed by atoms with Crippen LogP contribution in [-0.2, 0) is 0 Å². The summed E-state index contributed by atoms with van der Waals surface area (Å²) in [6.07, 6.45) is 0. The van der Waals surface area contributed by atoms with Crippen LogP contribution < -0.4 is 15.7 Å². The lowest BCUT2D eigenvalue weighted by molar-refractivity contribution is 0.406. The quantitative estimate of drug-likeness (QED) is 0.842. The van der Waals surface area contributed by atoms with Crippen LogP contribution in [0.2, 0.25) is 5.02 Å². The summed E-state index contributed by atoms with van der Waals surface area (Å²) in [6.45, 7) is 1.56. The number of halogens is 1. The topological polar surface area (TPSA) is 59.2 Å². The third kappa shape index (κ3) is 1.91. The number of nitrogens with one attached hydrogen (secondary N) is 1. The molecule has 1 aromatic carbocycles. The van der Waals surface area contributed by atoms with E-state index in [-0.39, 0.29) is 16.7 Å². The first-order valence-corrected chi connectivity index (χ1v) is 5.33. The minimum Gasteiger partial charge on any atom is -0.491 e. The zero-order valence-electron chi connectivity index (χ0n) is 9.33. The van der Waals surface area contributed by atoms with Crippen LogP contribution in [0, 0.1) is 6.92 Å². The Morgan fingerprint density at radius 3 is 2.65 bits per heavy atom. The SMILES string of the molecule is COc1c(C)c(=O)c2ccc(Cl)cc2[nH]c1=O. The number of rotatable bonds is 1. The van der Waals surface area contributed by atoms with Gasteiger partial charge in [-0.15, -0.1) is 0 Å². The number of benzene rings is 1. The number of ether oxygens (including phenoxy) is 1. The van der Waals surface area contributed by atoms with E-state index >= 15 is 0 Å². The first-order chi connectivity index (χ1) is 8.04. The van der Waals surface area contributed by atoms with E-state index < -0.39 is 5.56 Å². The summed E-state index contributed by atoms with van der Waals surface area (Å²) in [5, 5.41) is 0.864. The molecule has 0 spiro atoms. The molecule has 1 N–H and O–H groups in total. The molecule has 0 bridgehead atoms. The number of fused-ring (bicyclic) bond motifs is 1. The summed E-state index contributed by atoms with van der Waals surface area (Å²) in [6, 6.07) is 4.73. The number of hydrogen-bond acceptors (Lipinski definition) is 3. The molecule has 0 saturated carbocycles. The maximum Gasteiger partial charge on any atom is 0.291 e. The van der Waals surface area contributed by atoms with Gasteiger partial charge in [-0.2, -0.15) is 0 Å². The Labute approximate surface area is 102 Å². The van der Waals surface area contributed by atoms with Crippen LogP contribution in [0.25, 0.3) is 10.9 Å². The summed E-state index contributed by atoms with van der Waals surface area (Å²) in [5.74, 6) is 0.0299. The van der Waals surface area contributed by atoms with Gasteiger partial charge in [-0.1, -0.05) is 11.6 Å². The summed E-state index contributed by atoms with van der Waals surface area (Å²) < 4.78 is 4.94. The number of methoxy groups -OCH3 is 1. The van der Waals surface area contributed by atoms with Crippen molar-refractivity contribution in [1.29, 1.82) is 0 Å². The van der Waals surface area contributed by atoms with Crippen LogP contribution >= 0.6 is 11.6 Å². The van der Waals surface area contributed by atoms with Crippen molar-refractivity contribution in [3.63, 3.8) is 0 Å².